The van der Waals surface area contributed by atoms with Crippen LogP contribution in [0, 0.1) is 20.8 Å². The summed E-state index contributed by atoms with van der Waals surface area (Å²) in [6.07, 6.45) is 8.25. The van der Waals surface area contributed by atoms with Gasteiger partial charge in [-0.2, -0.15) is 0 Å². The van der Waals surface area contributed by atoms with Crippen LogP contribution in [-0.2, 0) is 0 Å². The fraction of sp³-hybridized carbons (Fsp3) is 0.200. The largest absolute Gasteiger partial charge is 0.415 e. The predicted molar refractivity (Wildman–Crippen MR) is 177 cm³/mol. The lowest BCUT2D eigenvalue weighted by molar-refractivity contribution is 0.394. The Balaban J connectivity index is 1.36. The van der Waals surface area contributed by atoms with Crippen molar-refractivity contribution >= 4 is 56.4 Å². The molecule has 2 aliphatic heterocycles. The first-order valence-corrected chi connectivity index (χ1v) is 15.8. The van der Waals surface area contributed by atoms with Crippen LogP contribution in [-0.4, -0.2) is 24.7 Å². The van der Waals surface area contributed by atoms with Gasteiger partial charge < -0.3 is 9.71 Å². The van der Waals surface area contributed by atoms with Crippen LogP contribution in [0.15, 0.2) is 101 Å². The van der Waals surface area contributed by atoms with Crippen LogP contribution in [0.2, 0.25) is 0 Å². The van der Waals surface area contributed by atoms with Crippen LogP contribution in [0.4, 0.5) is 0 Å². The smallest absolute Gasteiger partial charge is 0.218 e. The molecule has 0 N–H and O–H groups in total. The molecule has 40 heavy (non-hydrogen) atoms. The first kappa shape index (κ1) is 25.4. The van der Waals surface area contributed by atoms with E-state index in [-0.39, 0.29) is 6.04 Å². The summed E-state index contributed by atoms with van der Waals surface area (Å²) in [5.74, 6) is 0. The number of hydrogen-bond acceptors (Lipinski definition) is 4. The van der Waals surface area contributed by atoms with Crippen molar-refractivity contribution < 1.29 is 0 Å². The number of likely N-dealkylation sites (N-methyl/N-ethyl adjacent to an activating group) is 1. The minimum Gasteiger partial charge on any atom is -0.415 e. The molecule has 0 saturated carbocycles. The molecule has 2 unspecified atom stereocenters. The average molecular weight is 557 g/mol. The van der Waals surface area contributed by atoms with E-state index in [0.29, 0.717) is 6.04 Å². The number of hydrogen-bond donors (Lipinski definition) is 0. The lowest BCUT2D eigenvalue weighted by Crippen LogP contribution is -2.24. The van der Waals surface area contributed by atoms with Crippen LogP contribution in [0.3, 0.4) is 0 Å². The van der Waals surface area contributed by atoms with Crippen molar-refractivity contribution in [2.75, 3.05) is 7.05 Å². The highest BCUT2D eigenvalue weighted by molar-refractivity contribution is 7.17. The van der Waals surface area contributed by atoms with Crippen LogP contribution in [0.1, 0.15) is 51.9 Å². The highest BCUT2D eigenvalue weighted by Crippen LogP contribution is 2.48. The zero-order valence-electron chi connectivity index (χ0n) is 23.7. The fourth-order valence-corrected chi connectivity index (χ4v) is 8.90. The van der Waals surface area contributed by atoms with E-state index in [4.69, 9.17) is 0 Å². The second-order valence-electron chi connectivity index (χ2n) is 11.3. The zero-order valence-corrected chi connectivity index (χ0v) is 25.4. The molecule has 0 fully saturated rings. The quantitative estimate of drug-likeness (QED) is 0.204. The number of allylic oxidation sites excluding steroid dienone is 2. The molecule has 0 radical (unpaired) electrons. The Hall–Kier alpha value is -3.54. The lowest BCUT2D eigenvalue weighted by atomic mass is 9.89. The molecule has 0 bridgehead atoms. The Kier molecular flexibility index (Phi) is 6.25. The van der Waals surface area contributed by atoms with Crippen LogP contribution >= 0.6 is 22.7 Å². The van der Waals surface area contributed by atoms with Gasteiger partial charge in [-0.05, 0) is 94.8 Å². The minimum absolute atomic E-state index is 0.219. The van der Waals surface area contributed by atoms with E-state index in [2.05, 4.69) is 135 Å². The number of rotatable bonds is 4. The van der Waals surface area contributed by atoms with E-state index >= 15 is 0 Å². The summed E-state index contributed by atoms with van der Waals surface area (Å²) in [6, 6.07) is 22.9. The molecule has 7 rings (SSSR count). The van der Waals surface area contributed by atoms with E-state index in [0.717, 1.165) is 6.42 Å². The number of nitrogens with zero attached hydrogens (tertiary/aromatic N) is 2. The third-order valence-electron chi connectivity index (χ3n) is 8.75. The van der Waals surface area contributed by atoms with Gasteiger partial charge in [0.25, 0.3) is 0 Å². The van der Waals surface area contributed by atoms with E-state index in [1.165, 1.54) is 70.5 Å². The van der Waals surface area contributed by atoms with Gasteiger partial charge in [0.05, 0.1) is 6.04 Å². The molecule has 198 valence electrons. The normalized spacial score (nSPS) is 20.2. The van der Waals surface area contributed by atoms with Gasteiger partial charge in [0.15, 0.2) is 0 Å². The topological polar surface area (TPSA) is 6.48 Å². The SMILES string of the molecule is BN1C(/C(=C2/C=CC(c3csc4ccccc34)N2C)c2c(C)cc(C)cc2C)=CCC1c1csc2ccccc12. The predicted octanol–water partition coefficient (Wildman–Crippen LogP) is 8.87. The van der Waals surface area contributed by atoms with Crippen molar-refractivity contribution in [3.63, 3.8) is 0 Å². The van der Waals surface area contributed by atoms with Crippen molar-refractivity contribution in [3.8, 4) is 0 Å². The summed E-state index contributed by atoms with van der Waals surface area (Å²) in [5.41, 5.74) is 12.2. The number of fused-ring (bicyclic) bond motifs is 2. The highest BCUT2D eigenvalue weighted by atomic mass is 32.1. The maximum atomic E-state index is 2.53. The third kappa shape index (κ3) is 3.98. The van der Waals surface area contributed by atoms with E-state index in [1.807, 2.05) is 22.7 Å². The molecule has 0 amide bonds. The summed E-state index contributed by atoms with van der Waals surface area (Å²) >= 11 is 3.71. The fourth-order valence-electron chi connectivity index (χ4n) is 6.90. The molecule has 5 aromatic rings. The van der Waals surface area contributed by atoms with Gasteiger partial charge in [0.2, 0.25) is 7.98 Å². The van der Waals surface area contributed by atoms with Crippen molar-refractivity contribution in [2.24, 2.45) is 0 Å². The lowest BCUT2D eigenvalue weighted by Gasteiger charge is -2.32. The Labute approximate surface area is 246 Å². The standard InChI is InChI=1S/C35H33BN2S2/c1-21-17-22(2)34(23(3)18-21)35(30-15-13-28(37(30)4)26-19-39-32-11-7-5-9-24(26)32)31-16-14-29(38(31)36)27-20-40-33-12-8-6-10-25(27)33/h5-13,15-20,28-29H,14,36H2,1-4H3/b35-30+. The van der Waals surface area contributed by atoms with E-state index < -0.39 is 0 Å². The first-order chi connectivity index (χ1) is 19.4. The molecular formula is C35H33BN2S2. The van der Waals surface area contributed by atoms with Gasteiger partial charge in [0, 0.05) is 39.5 Å². The molecule has 3 aromatic carbocycles. The molecule has 0 spiro atoms. The maximum absolute atomic E-state index is 2.53. The Morgan fingerprint density at radius 1 is 0.850 bits per heavy atom. The molecule has 0 saturated heterocycles. The average Bonchev–Trinajstić information content (AvgIpc) is 3.72. The Bertz CT molecular complexity index is 1850. The van der Waals surface area contributed by atoms with Crippen LogP contribution in [0.25, 0.3) is 25.7 Å². The summed E-state index contributed by atoms with van der Waals surface area (Å²) in [5, 5.41) is 7.47. The highest BCUT2D eigenvalue weighted by Gasteiger charge is 2.33. The molecule has 4 heterocycles. The molecular weight excluding hydrogens is 523 g/mol. The van der Waals surface area contributed by atoms with Gasteiger partial charge in [-0.1, -0.05) is 66.2 Å². The van der Waals surface area contributed by atoms with Gasteiger partial charge in [-0.15, -0.1) is 22.7 Å². The van der Waals surface area contributed by atoms with E-state index in [1.54, 1.807) is 0 Å². The van der Waals surface area contributed by atoms with Crippen molar-refractivity contribution in [1.82, 2.24) is 9.71 Å². The molecule has 5 heteroatoms. The second-order valence-corrected chi connectivity index (χ2v) is 13.1. The summed E-state index contributed by atoms with van der Waals surface area (Å²) < 4.78 is 2.72. The number of benzene rings is 3. The van der Waals surface area contributed by atoms with Gasteiger partial charge in [-0.3, -0.25) is 0 Å². The number of thiophene rings is 2. The second kappa shape index (κ2) is 9.83. The molecule has 2 aliphatic rings. The Morgan fingerprint density at radius 3 is 2.12 bits per heavy atom. The van der Waals surface area contributed by atoms with Crippen molar-refractivity contribution in [1.29, 1.82) is 0 Å². The van der Waals surface area contributed by atoms with E-state index in [9.17, 15) is 0 Å². The van der Waals surface area contributed by atoms with Gasteiger partial charge in [0.1, 0.15) is 0 Å². The minimum atomic E-state index is 0.219. The molecule has 2 nitrogen and oxygen atoms in total. The van der Waals surface area contributed by atoms with Gasteiger partial charge in [-0.25, -0.2) is 0 Å². The maximum Gasteiger partial charge on any atom is 0.218 e. The monoisotopic (exact) mass is 556 g/mol. The summed E-state index contributed by atoms with van der Waals surface area (Å²) in [6.45, 7) is 6.75. The molecule has 0 aliphatic carbocycles. The third-order valence-corrected chi connectivity index (χ3v) is 10.7. The van der Waals surface area contributed by atoms with Crippen LogP contribution < -0.4 is 0 Å². The van der Waals surface area contributed by atoms with Crippen LogP contribution in [0.5, 0.6) is 0 Å². The van der Waals surface area contributed by atoms with Crippen molar-refractivity contribution in [3.05, 3.63) is 134 Å². The summed E-state index contributed by atoms with van der Waals surface area (Å²) in [4.78, 5) is 5.02. The first-order valence-electron chi connectivity index (χ1n) is 14.0. The summed E-state index contributed by atoms with van der Waals surface area (Å²) in [7, 11) is 4.56. The Morgan fingerprint density at radius 2 is 1.45 bits per heavy atom. The zero-order chi connectivity index (χ0) is 27.5. The van der Waals surface area contributed by atoms with Crippen molar-refractivity contribution in [2.45, 2.75) is 39.3 Å². The molecule has 2 aromatic heterocycles. The number of aryl methyl sites for hydroxylation is 3. The molecule has 2 atom stereocenters. The van der Waals surface area contributed by atoms with Gasteiger partial charge >= 0.3 is 0 Å².